The highest BCUT2D eigenvalue weighted by Gasteiger charge is 2.24. The van der Waals surface area contributed by atoms with Crippen molar-refractivity contribution in [2.75, 3.05) is 34.3 Å². The Morgan fingerprint density at radius 3 is 2.40 bits per heavy atom. The molecule has 2 aromatic carbocycles. The van der Waals surface area contributed by atoms with E-state index in [1.165, 1.54) is 36.3 Å². The maximum Gasteiger partial charge on any atom is 0.216 e. The fraction of sp³-hybridized carbons (Fsp3) is 0.346. The van der Waals surface area contributed by atoms with Crippen LogP contribution in [0.2, 0.25) is 0 Å². The van der Waals surface area contributed by atoms with Gasteiger partial charge in [-0.15, -0.1) is 0 Å². The Morgan fingerprint density at radius 2 is 1.86 bits per heavy atom. The van der Waals surface area contributed by atoms with Gasteiger partial charge in [0.2, 0.25) is 12.4 Å². The third-order valence-electron chi connectivity index (χ3n) is 6.17. The molecule has 9 heteroatoms. The van der Waals surface area contributed by atoms with E-state index in [9.17, 15) is 13.6 Å². The second-order valence-electron chi connectivity index (χ2n) is 8.31. The van der Waals surface area contributed by atoms with E-state index >= 15 is 0 Å². The summed E-state index contributed by atoms with van der Waals surface area (Å²) >= 11 is 0. The minimum Gasteiger partial charge on any atom is -0.494 e. The molecule has 1 amide bonds. The van der Waals surface area contributed by atoms with Gasteiger partial charge >= 0.3 is 0 Å². The van der Waals surface area contributed by atoms with Crippen LogP contribution in [0, 0.1) is 23.0 Å². The summed E-state index contributed by atoms with van der Waals surface area (Å²) in [4.78, 5) is 20.0. The average molecular weight is 482 g/mol. The highest BCUT2D eigenvalue weighted by molar-refractivity contribution is 5.98. The number of ether oxygens (including phenoxy) is 1. The number of allylic oxidation sites excluding steroid dienone is 1. The number of nitrogens with one attached hydrogen (secondary N) is 1. The third-order valence-corrected chi connectivity index (χ3v) is 6.17. The van der Waals surface area contributed by atoms with Crippen molar-refractivity contribution in [1.29, 1.82) is 5.26 Å². The van der Waals surface area contributed by atoms with Gasteiger partial charge in [0, 0.05) is 31.7 Å². The average Bonchev–Trinajstić information content (AvgIpc) is 2.88. The van der Waals surface area contributed by atoms with Gasteiger partial charge in [-0.05, 0) is 62.2 Å². The van der Waals surface area contributed by atoms with E-state index in [4.69, 9.17) is 15.0 Å². The van der Waals surface area contributed by atoms with Crippen molar-refractivity contribution in [3.05, 3.63) is 64.7 Å². The second-order valence-corrected chi connectivity index (χ2v) is 8.31. The van der Waals surface area contributed by atoms with Crippen LogP contribution in [0.5, 0.6) is 5.75 Å². The summed E-state index contributed by atoms with van der Waals surface area (Å²) in [6.45, 7) is 3.10. The first kappa shape index (κ1) is 25.8. The molecular formula is C26H29F2N5O2. The van der Waals surface area contributed by atoms with Crippen LogP contribution >= 0.6 is 0 Å². The summed E-state index contributed by atoms with van der Waals surface area (Å²) < 4.78 is 34.1. The van der Waals surface area contributed by atoms with E-state index in [0.29, 0.717) is 53.9 Å². The van der Waals surface area contributed by atoms with Gasteiger partial charge in [0.1, 0.15) is 11.9 Å². The molecule has 1 aliphatic heterocycles. The summed E-state index contributed by atoms with van der Waals surface area (Å²) in [6.07, 6.45) is 2.41. The number of hydrogen-bond acceptors (Lipinski definition) is 5. The number of amides is 1. The standard InChI is InChI=1S/C26H29F2N5O2/c1-17(18-7-8-24(35-4)23(28)13-18)25(19-5-6-20(15-29)22(27)14-19)31-26(32(3)16-34)33-11-9-21(30-2)10-12-33/h5-8,13-14,16,21,30H,9-12H2,1-4H3/b25-17+,31-26+. The largest absolute Gasteiger partial charge is 0.494 e. The van der Waals surface area contributed by atoms with E-state index in [2.05, 4.69) is 5.32 Å². The number of nitriles is 1. The van der Waals surface area contributed by atoms with Crippen molar-refractivity contribution >= 4 is 23.6 Å². The van der Waals surface area contributed by atoms with Crippen LogP contribution < -0.4 is 10.1 Å². The molecule has 0 unspecified atom stereocenters. The molecular weight excluding hydrogens is 452 g/mol. The van der Waals surface area contributed by atoms with E-state index < -0.39 is 11.6 Å². The predicted molar refractivity (Wildman–Crippen MR) is 131 cm³/mol. The van der Waals surface area contributed by atoms with Gasteiger partial charge in [0.15, 0.2) is 11.6 Å². The van der Waals surface area contributed by atoms with E-state index in [0.717, 1.165) is 12.8 Å². The van der Waals surface area contributed by atoms with Crippen molar-refractivity contribution < 1.29 is 18.3 Å². The number of aliphatic imine (C=N–C) groups is 1. The molecule has 7 nitrogen and oxygen atoms in total. The quantitative estimate of drug-likeness (QED) is 0.293. The first-order chi connectivity index (χ1) is 16.8. The molecule has 1 heterocycles. The van der Waals surface area contributed by atoms with Crippen LogP contribution in [0.15, 0.2) is 41.4 Å². The predicted octanol–water partition coefficient (Wildman–Crippen LogP) is 3.86. The molecule has 1 N–H and O–H groups in total. The molecule has 2 aromatic rings. The molecule has 3 rings (SSSR count). The smallest absolute Gasteiger partial charge is 0.216 e. The Bertz CT molecular complexity index is 1180. The number of halogens is 2. The van der Waals surface area contributed by atoms with E-state index in [1.807, 2.05) is 18.0 Å². The molecule has 1 fully saturated rings. The molecule has 1 aliphatic rings. The van der Waals surface area contributed by atoms with Crippen LogP contribution in [0.3, 0.4) is 0 Å². The molecule has 0 aromatic heterocycles. The van der Waals surface area contributed by atoms with Gasteiger partial charge < -0.3 is 15.0 Å². The van der Waals surface area contributed by atoms with Gasteiger partial charge in [-0.25, -0.2) is 13.8 Å². The topological polar surface area (TPSA) is 81.0 Å². The number of carbonyl (C=O) groups is 1. The Hall–Kier alpha value is -3.77. The molecule has 184 valence electrons. The highest BCUT2D eigenvalue weighted by atomic mass is 19.1. The Balaban J connectivity index is 2.19. The zero-order chi connectivity index (χ0) is 25.5. The summed E-state index contributed by atoms with van der Waals surface area (Å²) in [5, 5.41) is 12.4. The summed E-state index contributed by atoms with van der Waals surface area (Å²) in [5.41, 5.74) is 1.76. The van der Waals surface area contributed by atoms with Gasteiger partial charge in [-0.1, -0.05) is 12.1 Å². The Morgan fingerprint density at radius 1 is 1.20 bits per heavy atom. The maximum atomic E-state index is 14.6. The number of guanidine groups is 1. The first-order valence-electron chi connectivity index (χ1n) is 11.3. The van der Waals surface area contributed by atoms with Crippen LogP contribution in [-0.2, 0) is 4.79 Å². The summed E-state index contributed by atoms with van der Waals surface area (Å²) in [7, 11) is 4.91. The Kier molecular flexibility index (Phi) is 8.55. The summed E-state index contributed by atoms with van der Waals surface area (Å²) in [6, 6.07) is 10.9. The van der Waals surface area contributed by atoms with Crippen molar-refractivity contribution in [3.63, 3.8) is 0 Å². The zero-order valence-electron chi connectivity index (χ0n) is 20.3. The lowest BCUT2D eigenvalue weighted by atomic mass is 9.99. The van der Waals surface area contributed by atoms with E-state index in [1.54, 1.807) is 26.1 Å². The number of methoxy groups -OCH3 is 1. The Labute approximate surface area is 204 Å². The SMILES string of the molecule is CNC1CCN(/C(=N/C(=C(\C)c2ccc(OC)c(F)c2)c2ccc(C#N)c(F)c2)N(C)C=O)CC1. The molecule has 35 heavy (non-hydrogen) atoms. The highest BCUT2D eigenvalue weighted by Crippen LogP contribution is 2.31. The number of piperidine rings is 1. The molecule has 0 bridgehead atoms. The van der Waals surface area contributed by atoms with Crippen LogP contribution in [0.25, 0.3) is 11.3 Å². The number of nitrogens with zero attached hydrogens (tertiary/aromatic N) is 4. The van der Waals surface area contributed by atoms with Gasteiger partial charge in [-0.2, -0.15) is 5.26 Å². The van der Waals surface area contributed by atoms with Crippen molar-refractivity contribution in [3.8, 4) is 11.8 Å². The number of likely N-dealkylation sites (tertiary alicyclic amines) is 1. The lowest BCUT2D eigenvalue weighted by Gasteiger charge is -2.36. The number of hydrogen-bond donors (Lipinski definition) is 1. The van der Waals surface area contributed by atoms with E-state index in [-0.39, 0.29) is 11.3 Å². The normalized spacial score (nSPS) is 15.3. The molecule has 1 saturated heterocycles. The molecule has 0 atom stereocenters. The lowest BCUT2D eigenvalue weighted by molar-refractivity contribution is -0.114. The van der Waals surface area contributed by atoms with Gasteiger partial charge in [-0.3, -0.25) is 9.69 Å². The second kappa shape index (κ2) is 11.6. The fourth-order valence-corrected chi connectivity index (χ4v) is 4.04. The van der Waals surface area contributed by atoms with Gasteiger partial charge in [0.25, 0.3) is 0 Å². The van der Waals surface area contributed by atoms with Crippen LogP contribution in [0.4, 0.5) is 8.78 Å². The van der Waals surface area contributed by atoms with Gasteiger partial charge in [0.05, 0.1) is 18.4 Å². The zero-order valence-corrected chi connectivity index (χ0v) is 20.3. The van der Waals surface area contributed by atoms with Crippen LogP contribution in [0.1, 0.15) is 36.5 Å². The first-order valence-corrected chi connectivity index (χ1v) is 11.3. The molecule has 0 aliphatic carbocycles. The van der Waals surface area contributed by atoms with Crippen molar-refractivity contribution in [2.45, 2.75) is 25.8 Å². The lowest BCUT2D eigenvalue weighted by Crippen LogP contribution is -2.49. The molecule has 0 spiro atoms. The fourth-order valence-electron chi connectivity index (χ4n) is 4.04. The van der Waals surface area contributed by atoms with Crippen molar-refractivity contribution in [2.24, 2.45) is 4.99 Å². The third kappa shape index (κ3) is 5.84. The number of carbonyl (C=O) groups excluding carboxylic acids is 1. The minimum atomic E-state index is -0.688. The summed E-state index contributed by atoms with van der Waals surface area (Å²) in [5.74, 6) is -0.725. The molecule has 0 radical (unpaired) electrons. The maximum absolute atomic E-state index is 14.6. The van der Waals surface area contributed by atoms with Crippen LogP contribution in [-0.4, -0.2) is 62.5 Å². The van der Waals surface area contributed by atoms with Crippen molar-refractivity contribution in [1.82, 2.24) is 15.1 Å². The molecule has 0 saturated carbocycles. The number of rotatable bonds is 6. The number of benzene rings is 2. The minimum absolute atomic E-state index is 0.0930. The monoisotopic (exact) mass is 481 g/mol.